The average molecular weight is 329 g/mol. The van der Waals surface area contributed by atoms with E-state index in [4.69, 9.17) is 11.6 Å². The van der Waals surface area contributed by atoms with Gasteiger partial charge in [0.25, 0.3) is 0 Å². The molecule has 1 saturated carbocycles. The van der Waals surface area contributed by atoms with Crippen LogP contribution in [0, 0.1) is 5.92 Å². The molecular weight excluding hydrogens is 316 g/mol. The number of Topliss-reactive ketones (excluding diaryl/α,β-unsaturated/α-hetero) is 3. The number of carbonyl (C=O) groups excluding carboxylic acids is 3. The Hall–Kier alpha value is -1.53. The molecule has 0 aromatic rings. The Labute approximate surface area is 128 Å². The second kappa shape index (κ2) is 6.07. The van der Waals surface area contributed by atoms with Crippen molar-refractivity contribution >= 4 is 44.1 Å². The van der Waals surface area contributed by atoms with Crippen LogP contribution < -0.4 is 0 Å². The molecule has 0 radical (unpaired) electrons. The molecule has 0 aromatic heterocycles. The molecule has 1 atom stereocenters. The van der Waals surface area contributed by atoms with E-state index < -0.39 is 38.9 Å². The van der Waals surface area contributed by atoms with Gasteiger partial charge in [0, 0.05) is 18.4 Å². The first-order chi connectivity index (χ1) is 9.84. The Morgan fingerprint density at radius 1 is 1.19 bits per heavy atom. The van der Waals surface area contributed by atoms with Gasteiger partial charge in [-0.15, -0.1) is 11.6 Å². The lowest BCUT2D eigenvalue weighted by Gasteiger charge is -2.23. The fourth-order valence-corrected chi connectivity index (χ4v) is 3.71. The Morgan fingerprint density at radius 2 is 1.76 bits per heavy atom. The molecule has 0 N–H and O–H groups in total. The third-order valence-corrected chi connectivity index (χ3v) is 5.12. The van der Waals surface area contributed by atoms with Gasteiger partial charge in [0.15, 0.2) is 17.3 Å². The highest BCUT2D eigenvalue weighted by molar-refractivity contribution is 7.73. The van der Waals surface area contributed by atoms with Crippen molar-refractivity contribution in [1.29, 1.82) is 0 Å². The zero-order valence-corrected chi connectivity index (χ0v) is 12.8. The van der Waals surface area contributed by atoms with Gasteiger partial charge in [-0.3, -0.25) is 14.4 Å². The van der Waals surface area contributed by atoms with E-state index in [0.717, 1.165) is 0 Å². The van der Waals surface area contributed by atoms with Crippen molar-refractivity contribution in [2.75, 3.05) is 0 Å². The van der Waals surface area contributed by atoms with Crippen LogP contribution in [0.2, 0.25) is 0 Å². The Balaban J connectivity index is 2.42. The zero-order chi connectivity index (χ0) is 15.7. The molecule has 0 amide bonds. The lowest BCUT2D eigenvalue weighted by Crippen LogP contribution is -2.39. The zero-order valence-electron chi connectivity index (χ0n) is 11.3. The number of halogens is 1. The first kappa shape index (κ1) is 15.9. The molecule has 0 saturated heterocycles. The second-order valence-corrected chi connectivity index (χ2v) is 6.36. The lowest BCUT2D eigenvalue weighted by molar-refractivity contribution is -0.140. The maximum Gasteiger partial charge on any atom is 0.219 e. The van der Waals surface area contributed by atoms with Gasteiger partial charge in [-0.25, -0.2) is 0 Å². The molecule has 112 valence electrons. The molecule has 21 heavy (non-hydrogen) atoms. The molecule has 0 aromatic carbocycles. The number of hydrogen-bond donors (Lipinski definition) is 0. The molecular formula is C14H13ClO5S. The highest BCUT2D eigenvalue weighted by atomic mass is 35.5. The Morgan fingerprint density at radius 3 is 2.29 bits per heavy atom. The van der Waals surface area contributed by atoms with E-state index >= 15 is 0 Å². The topological polar surface area (TPSA) is 85.3 Å². The largest absolute Gasteiger partial charge is 0.298 e. The van der Waals surface area contributed by atoms with Crippen LogP contribution >= 0.6 is 11.6 Å². The van der Waals surface area contributed by atoms with Gasteiger partial charge in [-0.2, -0.15) is 8.42 Å². The number of allylic oxidation sites excluding steroid dienone is 4. The fraction of sp³-hybridized carbons (Fsp3) is 0.429. The molecule has 0 aliphatic heterocycles. The van der Waals surface area contributed by atoms with Gasteiger partial charge in [0.1, 0.15) is 11.3 Å². The van der Waals surface area contributed by atoms with E-state index in [-0.39, 0.29) is 23.3 Å². The minimum absolute atomic E-state index is 0.0185. The summed E-state index contributed by atoms with van der Waals surface area (Å²) in [6.07, 6.45) is 3.66. The van der Waals surface area contributed by atoms with E-state index in [2.05, 4.69) is 0 Å². The van der Waals surface area contributed by atoms with Crippen LogP contribution in [-0.4, -0.2) is 36.0 Å². The van der Waals surface area contributed by atoms with Crippen molar-refractivity contribution in [2.24, 2.45) is 5.92 Å². The van der Waals surface area contributed by atoms with E-state index in [1.54, 1.807) is 6.92 Å². The highest BCUT2D eigenvalue weighted by Crippen LogP contribution is 2.28. The van der Waals surface area contributed by atoms with E-state index in [1.807, 2.05) is 0 Å². The van der Waals surface area contributed by atoms with Crippen LogP contribution in [0.5, 0.6) is 0 Å². The molecule has 2 aliphatic carbocycles. The Kier molecular flexibility index (Phi) is 4.58. The SMILES string of the molecule is CC1=CC=C(C(=O)C2C(=O)CCCC2=O)C(Cl)C1=S(=O)=O. The van der Waals surface area contributed by atoms with Crippen LogP contribution in [0.4, 0.5) is 0 Å². The number of hydrogen-bond acceptors (Lipinski definition) is 5. The number of alkyl halides is 1. The van der Waals surface area contributed by atoms with E-state index in [0.29, 0.717) is 12.0 Å². The third kappa shape index (κ3) is 2.91. The van der Waals surface area contributed by atoms with Crippen molar-refractivity contribution < 1.29 is 22.8 Å². The summed E-state index contributed by atoms with van der Waals surface area (Å²) in [6, 6.07) is 0. The molecule has 2 rings (SSSR count). The smallest absolute Gasteiger partial charge is 0.219 e. The van der Waals surface area contributed by atoms with Crippen LogP contribution in [0.1, 0.15) is 26.2 Å². The number of rotatable bonds is 2. The summed E-state index contributed by atoms with van der Waals surface area (Å²) in [5, 5.41) is -1.16. The normalized spacial score (nSPS) is 23.7. The van der Waals surface area contributed by atoms with Gasteiger partial charge in [0.05, 0.1) is 4.86 Å². The second-order valence-electron chi connectivity index (χ2n) is 5.02. The van der Waals surface area contributed by atoms with E-state index in [9.17, 15) is 22.8 Å². The highest BCUT2D eigenvalue weighted by Gasteiger charge is 2.40. The summed E-state index contributed by atoms with van der Waals surface area (Å²) >= 11 is 6.07. The van der Waals surface area contributed by atoms with Crippen molar-refractivity contribution in [2.45, 2.75) is 31.6 Å². The van der Waals surface area contributed by atoms with Crippen molar-refractivity contribution in [1.82, 2.24) is 0 Å². The summed E-state index contributed by atoms with van der Waals surface area (Å²) in [5.74, 6) is -2.86. The summed E-state index contributed by atoms with van der Waals surface area (Å²) in [7, 11) is -2.57. The molecule has 5 nitrogen and oxygen atoms in total. The number of ketones is 3. The summed E-state index contributed by atoms with van der Waals surface area (Å²) in [6.45, 7) is 1.56. The van der Waals surface area contributed by atoms with Gasteiger partial charge in [-0.1, -0.05) is 12.2 Å². The molecule has 0 heterocycles. The van der Waals surface area contributed by atoms with Crippen LogP contribution in [0.25, 0.3) is 0 Å². The van der Waals surface area contributed by atoms with Crippen molar-refractivity contribution in [3.63, 3.8) is 0 Å². The van der Waals surface area contributed by atoms with E-state index in [1.165, 1.54) is 12.2 Å². The third-order valence-electron chi connectivity index (χ3n) is 3.62. The first-order valence-electron chi connectivity index (χ1n) is 6.43. The quantitative estimate of drug-likeness (QED) is 0.429. The number of carbonyl (C=O) groups is 3. The average Bonchev–Trinajstić information content (AvgIpc) is 2.37. The minimum Gasteiger partial charge on any atom is -0.298 e. The maximum atomic E-state index is 12.4. The van der Waals surface area contributed by atoms with Crippen LogP contribution in [0.15, 0.2) is 23.3 Å². The fourth-order valence-electron chi connectivity index (χ4n) is 2.51. The molecule has 0 spiro atoms. The maximum absolute atomic E-state index is 12.4. The molecule has 0 bridgehead atoms. The van der Waals surface area contributed by atoms with Crippen molar-refractivity contribution in [3.05, 3.63) is 23.3 Å². The summed E-state index contributed by atoms with van der Waals surface area (Å²) in [4.78, 5) is 36.0. The van der Waals surface area contributed by atoms with Gasteiger partial charge >= 0.3 is 0 Å². The lowest BCUT2D eigenvalue weighted by atomic mass is 9.79. The summed E-state index contributed by atoms with van der Waals surface area (Å²) in [5.41, 5.74) is 0.413. The van der Waals surface area contributed by atoms with Gasteiger partial charge in [-0.05, 0) is 18.9 Å². The molecule has 1 fully saturated rings. The molecule has 7 heteroatoms. The predicted molar refractivity (Wildman–Crippen MR) is 77.8 cm³/mol. The molecule has 2 aliphatic rings. The predicted octanol–water partition coefficient (Wildman–Crippen LogP) is 1.04. The minimum atomic E-state index is -2.57. The van der Waals surface area contributed by atoms with Crippen LogP contribution in [-0.2, 0) is 24.7 Å². The standard InChI is InChI=1S/C14H13ClO5S/c1-7-5-6-8(12(15)14(7)21(19)20)13(18)11-9(16)3-2-4-10(11)17/h5-6,11-12H,2-4H2,1H3. The summed E-state index contributed by atoms with van der Waals surface area (Å²) < 4.78 is 22.4. The first-order valence-corrected chi connectivity index (χ1v) is 7.94. The monoisotopic (exact) mass is 328 g/mol. The van der Waals surface area contributed by atoms with Gasteiger partial charge in [0.2, 0.25) is 10.3 Å². The van der Waals surface area contributed by atoms with Crippen LogP contribution in [0.3, 0.4) is 0 Å². The van der Waals surface area contributed by atoms with Crippen molar-refractivity contribution in [3.8, 4) is 0 Å². The van der Waals surface area contributed by atoms with Gasteiger partial charge < -0.3 is 0 Å². The Bertz CT molecular complexity index is 702. The molecule has 1 unspecified atom stereocenters.